The Balaban J connectivity index is 2.44. The summed E-state index contributed by atoms with van der Waals surface area (Å²) >= 11 is 0. The summed E-state index contributed by atoms with van der Waals surface area (Å²) in [6.07, 6.45) is 5.71. The summed E-state index contributed by atoms with van der Waals surface area (Å²) in [4.78, 5) is 25.5. The van der Waals surface area contributed by atoms with Crippen LogP contribution < -0.4 is 5.32 Å². The van der Waals surface area contributed by atoms with Gasteiger partial charge in [-0.1, -0.05) is 31.8 Å². The van der Waals surface area contributed by atoms with E-state index in [1.54, 1.807) is 11.0 Å². The maximum atomic E-state index is 12.1. The zero-order valence-corrected chi connectivity index (χ0v) is 12.2. The Bertz CT molecular complexity index is 404. The summed E-state index contributed by atoms with van der Waals surface area (Å²) < 4.78 is 4.64. The van der Waals surface area contributed by atoms with Crippen molar-refractivity contribution in [2.45, 2.75) is 46.0 Å². The predicted molar refractivity (Wildman–Crippen MR) is 76.1 cm³/mol. The van der Waals surface area contributed by atoms with E-state index in [0.29, 0.717) is 18.8 Å². The van der Waals surface area contributed by atoms with Crippen LogP contribution in [0.2, 0.25) is 0 Å². The summed E-state index contributed by atoms with van der Waals surface area (Å²) in [5.41, 5.74) is 0. The monoisotopic (exact) mass is 281 g/mol. The van der Waals surface area contributed by atoms with Crippen LogP contribution in [-0.4, -0.2) is 35.0 Å². The number of amides is 2. The number of hydrogen-bond donors (Lipinski definition) is 1. The molecule has 0 aliphatic heterocycles. The van der Waals surface area contributed by atoms with Crippen LogP contribution >= 0.6 is 0 Å². The maximum Gasteiger partial charge on any atom is 0.245 e. The number of hydrogen-bond acceptors (Lipinski definition) is 4. The summed E-state index contributed by atoms with van der Waals surface area (Å²) in [5.74, 6) is 0.150. The van der Waals surface area contributed by atoms with E-state index >= 15 is 0 Å². The van der Waals surface area contributed by atoms with Crippen molar-refractivity contribution in [1.82, 2.24) is 10.1 Å². The van der Waals surface area contributed by atoms with Crippen LogP contribution in [0.15, 0.2) is 16.9 Å². The van der Waals surface area contributed by atoms with Gasteiger partial charge in [-0.25, -0.2) is 0 Å². The lowest BCUT2D eigenvalue weighted by Gasteiger charge is -2.21. The fourth-order valence-corrected chi connectivity index (χ4v) is 1.88. The molecule has 0 saturated carbocycles. The van der Waals surface area contributed by atoms with Crippen molar-refractivity contribution in [3.05, 3.63) is 12.3 Å². The van der Waals surface area contributed by atoms with Crippen molar-refractivity contribution in [3.8, 4) is 0 Å². The Morgan fingerprint density at radius 3 is 2.70 bits per heavy atom. The van der Waals surface area contributed by atoms with Gasteiger partial charge in [-0.2, -0.15) is 0 Å². The molecule has 0 spiro atoms. The summed E-state index contributed by atoms with van der Waals surface area (Å²) in [5, 5.41) is 6.20. The standard InChI is InChI=1S/C14H23N3O3/c1-3-5-6-7-14(19)17(9-4-2)11-13(18)15-12-8-10-20-16-12/h8,10H,3-7,9,11H2,1-2H3,(H,15,16,18). The maximum absolute atomic E-state index is 12.1. The molecule has 6 heteroatoms. The molecule has 0 saturated heterocycles. The van der Waals surface area contributed by atoms with Gasteiger partial charge >= 0.3 is 0 Å². The Morgan fingerprint density at radius 2 is 2.10 bits per heavy atom. The molecule has 1 N–H and O–H groups in total. The fraction of sp³-hybridized carbons (Fsp3) is 0.643. The Morgan fingerprint density at radius 1 is 1.30 bits per heavy atom. The van der Waals surface area contributed by atoms with Crippen molar-refractivity contribution >= 4 is 17.6 Å². The van der Waals surface area contributed by atoms with E-state index < -0.39 is 0 Å². The van der Waals surface area contributed by atoms with E-state index in [-0.39, 0.29) is 18.4 Å². The van der Waals surface area contributed by atoms with E-state index in [4.69, 9.17) is 0 Å². The van der Waals surface area contributed by atoms with Crippen molar-refractivity contribution < 1.29 is 14.1 Å². The van der Waals surface area contributed by atoms with Crippen molar-refractivity contribution in [3.63, 3.8) is 0 Å². The van der Waals surface area contributed by atoms with Gasteiger partial charge in [-0.05, 0) is 12.8 Å². The highest BCUT2D eigenvalue weighted by Gasteiger charge is 2.16. The number of aromatic nitrogens is 1. The van der Waals surface area contributed by atoms with E-state index in [0.717, 1.165) is 25.7 Å². The van der Waals surface area contributed by atoms with Crippen LogP contribution in [0.5, 0.6) is 0 Å². The van der Waals surface area contributed by atoms with E-state index in [2.05, 4.69) is 21.9 Å². The topological polar surface area (TPSA) is 75.4 Å². The molecule has 1 aromatic rings. The lowest BCUT2D eigenvalue weighted by molar-refractivity contribution is -0.134. The zero-order valence-electron chi connectivity index (χ0n) is 12.2. The molecule has 6 nitrogen and oxygen atoms in total. The summed E-state index contributed by atoms with van der Waals surface area (Å²) in [7, 11) is 0. The van der Waals surface area contributed by atoms with Gasteiger partial charge < -0.3 is 14.7 Å². The molecule has 1 heterocycles. The van der Waals surface area contributed by atoms with Crippen molar-refractivity contribution in [2.24, 2.45) is 0 Å². The zero-order chi connectivity index (χ0) is 14.8. The molecule has 2 amide bonds. The third-order valence-electron chi connectivity index (χ3n) is 2.88. The van der Waals surface area contributed by atoms with Gasteiger partial charge in [-0.3, -0.25) is 9.59 Å². The largest absolute Gasteiger partial charge is 0.363 e. The molecule has 0 aliphatic rings. The lowest BCUT2D eigenvalue weighted by Crippen LogP contribution is -2.38. The molecule has 0 atom stereocenters. The first kappa shape index (κ1) is 16.2. The highest BCUT2D eigenvalue weighted by molar-refractivity contribution is 5.93. The van der Waals surface area contributed by atoms with Gasteiger partial charge in [0.25, 0.3) is 0 Å². The number of nitrogens with one attached hydrogen (secondary N) is 1. The second kappa shape index (κ2) is 9.12. The molecule has 0 bridgehead atoms. The summed E-state index contributed by atoms with van der Waals surface area (Å²) in [6.45, 7) is 4.74. The van der Waals surface area contributed by atoms with Gasteiger partial charge in [0.15, 0.2) is 5.82 Å². The normalized spacial score (nSPS) is 10.3. The van der Waals surface area contributed by atoms with E-state index in [1.807, 2.05) is 6.92 Å². The Kier molecular flexibility index (Phi) is 7.39. The van der Waals surface area contributed by atoms with Crippen LogP contribution in [0.4, 0.5) is 5.82 Å². The average molecular weight is 281 g/mol. The van der Waals surface area contributed by atoms with Gasteiger partial charge in [-0.15, -0.1) is 0 Å². The van der Waals surface area contributed by atoms with Gasteiger partial charge in [0.2, 0.25) is 11.8 Å². The first-order valence-electron chi connectivity index (χ1n) is 7.15. The van der Waals surface area contributed by atoms with Gasteiger partial charge in [0, 0.05) is 19.0 Å². The number of unbranched alkanes of at least 4 members (excludes halogenated alkanes) is 2. The van der Waals surface area contributed by atoms with Crippen LogP contribution in [0, 0.1) is 0 Å². The van der Waals surface area contributed by atoms with Crippen LogP contribution in [0.1, 0.15) is 46.0 Å². The third kappa shape index (κ3) is 5.86. The van der Waals surface area contributed by atoms with Crippen LogP contribution in [0.25, 0.3) is 0 Å². The smallest absolute Gasteiger partial charge is 0.245 e. The average Bonchev–Trinajstić information content (AvgIpc) is 2.91. The Hall–Kier alpha value is -1.85. The number of carbonyl (C=O) groups is 2. The van der Waals surface area contributed by atoms with Crippen LogP contribution in [0.3, 0.4) is 0 Å². The minimum atomic E-state index is -0.254. The second-order valence-electron chi connectivity index (χ2n) is 4.71. The van der Waals surface area contributed by atoms with Gasteiger partial charge in [0.05, 0.1) is 6.54 Å². The third-order valence-corrected chi connectivity index (χ3v) is 2.88. The minimum Gasteiger partial charge on any atom is -0.363 e. The molecule has 0 fully saturated rings. The van der Waals surface area contributed by atoms with Crippen molar-refractivity contribution in [1.29, 1.82) is 0 Å². The number of nitrogens with zero attached hydrogens (tertiary/aromatic N) is 2. The first-order valence-corrected chi connectivity index (χ1v) is 7.15. The molecular formula is C14H23N3O3. The fourth-order valence-electron chi connectivity index (χ4n) is 1.88. The SMILES string of the molecule is CCCCCC(=O)N(CCC)CC(=O)Nc1ccon1. The quantitative estimate of drug-likeness (QED) is 0.705. The molecule has 1 aromatic heterocycles. The number of carbonyl (C=O) groups excluding carboxylic acids is 2. The summed E-state index contributed by atoms with van der Waals surface area (Å²) in [6, 6.07) is 1.56. The van der Waals surface area contributed by atoms with Crippen molar-refractivity contribution in [2.75, 3.05) is 18.4 Å². The van der Waals surface area contributed by atoms with E-state index in [9.17, 15) is 9.59 Å². The molecule has 0 radical (unpaired) electrons. The first-order chi connectivity index (χ1) is 9.67. The molecule has 0 aliphatic carbocycles. The van der Waals surface area contributed by atoms with Gasteiger partial charge in [0.1, 0.15) is 6.26 Å². The molecule has 0 aromatic carbocycles. The minimum absolute atomic E-state index is 0.0376. The number of anilines is 1. The highest BCUT2D eigenvalue weighted by Crippen LogP contribution is 2.06. The van der Waals surface area contributed by atoms with Crippen LogP contribution in [-0.2, 0) is 9.59 Å². The molecule has 0 unspecified atom stereocenters. The van der Waals surface area contributed by atoms with E-state index in [1.165, 1.54) is 6.26 Å². The predicted octanol–water partition coefficient (Wildman–Crippen LogP) is 2.43. The Labute approximate surface area is 119 Å². The molecule has 1 rings (SSSR count). The second-order valence-corrected chi connectivity index (χ2v) is 4.71. The number of rotatable bonds is 9. The molecule has 112 valence electrons. The molecular weight excluding hydrogens is 258 g/mol. The highest BCUT2D eigenvalue weighted by atomic mass is 16.5. The molecule has 20 heavy (non-hydrogen) atoms. The lowest BCUT2D eigenvalue weighted by atomic mass is 10.2.